The van der Waals surface area contributed by atoms with Crippen LogP contribution in [-0.4, -0.2) is 25.6 Å². The Morgan fingerprint density at radius 1 is 1.62 bits per heavy atom. The number of hydrogen-bond donors (Lipinski definition) is 2. The summed E-state index contributed by atoms with van der Waals surface area (Å²) < 4.78 is 5.26. The van der Waals surface area contributed by atoms with Crippen molar-refractivity contribution in [3.05, 3.63) is 24.2 Å². The van der Waals surface area contributed by atoms with Gasteiger partial charge in [-0.2, -0.15) is 0 Å². The van der Waals surface area contributed by atoms with E-state index < -0.39 is 0 Å². The molecule has 1 saturated carbocycles. The Morgan fingerprint density at radius 3 is 3.00 bits per heavy atom. The van der Waals surface area contributed by atoms with E-state index in [9.17, 15) is 0 Å². The average molecular weight is 221 g/mol. The number of furan rings is 1. The lowest BCUT2D eigenvalue weighted by atomic mass is 10.3. The third kappa shape index (κ3) is 3.02. The molecule has 1 aromatic heterocycles. The van der Waals surface area contributed by atoms with E-state index in [0.29, 0.717) is 6.04 Å². The molecular formula is C12H19N3O. The third-order valence-corrected chi connectivity index (χ3v) is 2.90. The fourth-order valence-electron chi connectivity index (χ4n) is 1.65. The maximum absolute atomic E-state index is 5.26. The van der Waals surface area contributed by atoms with Crippen molar-refractivity contribution in [3.63, 3.8) is 0 Å². The monoisotopic (exact) mass is 221 g/mol. The number of aliphatic imine (C=N–C) groups is 1. The molecule has 2 atom stereocenters. The van der Waals surface area contributed by atoms with Crippen LogP contribution in [-0.2, 0) is 6.42 Å². The minimum atomic E-state index is 0.606. The van der Waals surface area contributed by atoms with E-state index in [0.717, 1.165) is 30.6 Å². The average Bonchev–Trinajstić information content (AvgIpc) is 2.79. The highest BCUT2D eigenvalue weighted by Gasteiger charge is 2.33. The molecular weight excluding hydrogens is 202 g/mol. The van der Waals surface area contributed by atoms with Crippen LogP contribution in [0.3, 0.4) is 0 Å². The second kappa shape index (κ2) is 5.05. The summed E-state index contributed by atoms with van der Waals surface area (Å²) >= 11 is 0. The maximum atomic E-state index is 5.26. The minimum Gasteiger partial charge on any atom is -0.469 e. The van der Waals surface area contributed by atoms with Crippen LogP contribution in [0.25, 0.3) is 0 Å². The first-order valence-corrected chi connectivity index (χ1v) is 5.79. The Morgan fingerprint density at radius 2 is 2.44 bits per heavy atom. The summed E-state index contributed by atoms with van der Waals surface area (Å²) in [5.41, 5.74) is 0. The number of guanidine groups is 1. The first-order chi connectivity index (χ1) is 7.79. The SMILES string of the molecule is CN=C(NCCc1ccco1)NC1CC1C. The van der Waals surface area contributed by atoms with Crippen LogP contribution in [0.5, 0.6) is 0 Å². The van der Waals surface area contributed by atoms with E-state index in [1.807, 2.05) is 12.1 Å². The van der Waals surface area contributed by atoms with Crippen LogP contribution >= 0.6 is 0 Å². The minimum absolute atomic E-state index is 0.606. The summed E-state index contributed by atoms with van der Waals surface area (Å²) in [5.74, 6) is 2.67. The van der Waals surface area contributed by atoms with E-state index in [1.165, 1.54) is 6.42 Å². The van der Waals surface area contributed by atoms with Crippen molar-refractivity contribution in [2.24, 2.45) is 10.9 Å². The highest BCUT2D eigenvalue weighted by molar-refractivity contribution is 5.80. The van der Waals surface area contributed by atoms with Gasteiger partial charge in [0, 0.05) is 26.1 Å². The molecule has 4 nitrogen and oxygen atoms in total. The molecule has 0 amide bonds. The Hall–Kier alpha value is -1.45. The second-order valence-electron chi connectivity index (χ2n) is 4.29. The van der Waals surface area contributed by atoms with Crippen LogP contribution in [0.2, 0.25) is 0 Å². The van der Waals surface area contributed by atoms with Crippen molar-refractivity contribution in [1.29, 1.82) is 0 Å². The van der Waals surface area contributed by atoms with E-state index in [4.69, 9.17) is 4.42 Å². The number of nitrogens with one attached hydrogen (secondary N) is 2. The van der Waals surface area contributed by atoms with E-state index in [1.54, 1.807) is 13.3 Å². The molecule has 0 aliphatic heterocycles. The lowest BCUT2D eigenvalue weighted by molar-refractivity contribution is 0.506. The summed E-state index contributed by atoms with van der Waals surface area (Å²) in [6, 6.07) is 4.50. The van der Waals surface area contributed by atoms with Gasteiger partial charge in [0.1, 0.15) is 5.76 Å². The van der Waals surface area contributed by atoms with E-state index in [-0.39, 0.29) is 0 Å². The molecule has 1 fully saturated rings. The summed E-state index contributed by atoms with van der Waals surface area (Å²) in [7, 11) is 1.80. The molecule has 0 saturated heterocycles. The molecule has 2 unspecified atom stereocenters. The lowest BCUT2D eigenvalue weighted by Crippen LogP contribution is -2.39. The molecule has 1 aromatic rings. The molecule has 0 bridgehead atoms. The zero-order chi connectivity index (χ0) is 11.4. The maximum Gasteiger partial charge on any atom is 0.191 e. The first kappa shape index (κ1) is 11.0. The van der Waals surface area contributed by atoms with Crippen LogP contribution in [0.15, 0.2) is 27.8 Å². The predicted molar refractivity (Wildman–Crippen MR) is 64.5 cm³/mol. The summed E-state index contributed by atoms with van der Waals surface area (Å²) in [4.78, 5) is 4.19. The Balaban J connectivity index is 1.67. The van der Waals surface area contributed by atoms with Gasteiger partial charge in [0.15, 0.2) is 5.96 Å². The summed E-state index contributed by atoms with van der Waals surface area (Å²) in [6.07, 6.45) is 3.83. The molecule has 2 rings (SSSR count). The van der Waals surface area contributed by atoms with Gasteiger partial charge in [0.25, 0.3) is 0 Å². The Labute approximate surface area is 96.1 Å². The largest absolute Gasteiger partial charge is 0.469 e. The van der Waals surface area contributed by atoms with Crippen molar-refractivity contribution >= 4 is 5.96 Å². The number of rotatable bonds is 4. The van der Waals surface area contributed by atoms with Gasteiger partial charge in [-0.3, -0.25) is 4.99 Å². The standard InChI is InChI=1S/C12H19N3O/c1-9-8-11(9)15-12(13-2)14-6-5-10-4-3-7-16-10/h3-4,7,9,11H,5-6,8H2,1-2H3,(H2,13,14,15). The van der Waals surface area contributed by atoms with Crippen LogP contribution in [0, 0.1) is 5.92 Å². The topological polar surface area (TPSA) is 49.6 Å². The Kier molecular flexibility index (Phi) is 3.49. The van der Waals surface area contributed by atoms with E-state index >= 15 is 0 Å². The van der Waals surface area contributed by atoms with Gasteiger partial charge >= 0.3 is 0 Å². The van der Waals surface area contributed by atoms with Crippen molar-refractivity contribution in [2.75, 3.05) is 13.6 Å². The highest BCUT2D eigenvalue weighted by atomic mass is 16.3. The molecule has 4 heteroatoms. The van der Waals surface area contributed by atoms with Gasteiger partial charge in [-0.25, -0.2) is 0 Å². The molecule has 1 heterocycles. The smallest absolute Gasteiger partial charge is 0.191 e. The molecule has 0 spiro atoms. The van der Waals surface area contributed by atoms with Gasteiger partial charge in [-0.1, -0.05) is 6.92 Å². The molecule has 0 radical (unpaired) electrons. The lowest BCUT2D eigenvalue weighted by Gasteiger charge is -2.10. The van der Waals surface area contributed by atoms with Gasteiger partial charge in [-0.15, -0.1) is 0 Å². The predicted octanol–water partition coefficient (Wildman–Crippen LogP) is 1.40. The highest BCUT2D eigenvalue weighted by Crippen LogP contribution is 2.28. The second-order valence-corrected chi connectivity index (χ2v) is 4.29. The zero-order valence-electron chi connectivity index (χ0n) is 9.86. The van der Waals surface area contributed by atoms with Crippen LogP contribution in [0.4, 0.5) is 0 Å². The fraction of sp³-hybridized carbons (Fsp3) is 0.583. The fourth-order valence-corrected chi connectivity index (χ4v) is 1.65. The van der Waals surface area contributed by atoms with Crippen molar-refractivity contribution < 1.29 is 4.42 Å². The number of hydrogen-bond acceptors (Lipinski definition) is 2. The number of nitrogens with zero attached hydrogens (tertiary/aromatic N) is 1. The molecule has 0 aromatic carbocycles. The van der Waals surface area contributed by atoms with Crippen LogP contribution < -0.4 is 10.6 Å². The third-order valence-electron chi connectivity index (χ3n) is 2.90. The quantitative estimate of drug-likeness (QED) is 0.597. The molecule has 2 N–H and O–H groups in total. The molecule has 88 valence electrons. The Bertz CT molecular complexity index is 345. The molecule has 1 aliphatic carbocycles. The van der Waals surface area contributed by atoms with Gasteiger partial charge in [0.05, 0.1) is 6.26 Å². The summed E-state index contributed by atoms with van der Waals surface area (Å²) in [5, 5.41) is 6.66. The van der Waals surface area contributed by atoms with Crippen molar-refractivity contribution in [2.45, 2.75) is 25.8 Å². The first-order valence-electron chi connectivity index (χ1n) is 5.79. The van der Waals surface area contributed by atoms with Crippen LogP contribution in [0.1, 0.15) is 19.1 Å². The normalized spacial score (nSPS) is 24.2. The van der Waals surface area contributed by atoms with E-state index in [2.05, 4.69) is 22.5 Å². The van der Waals surface area contributed by atoms with Gasteiger partial charge in [0.2, 0.25) is 0 Å². The van der Waals surface area contributed by atoms with Crippen molar-refractivity contribution in [3.8, 4) is 0 Å². The molecule has 1 aliphatic rings. The molecule has 16 heavy (non-hydrogen) atoms. The zero-order valence-corrected chi connectivity index (χ0v) is 9.86. The van der Waals surface area contributed by atoms with Crippen molar-refractivity contribution in [1.82, 2.24) is 10.6 Å². The van der Waals surface area contributed by atoms with Gasteiger partial charge in [-0.05, 0) is 24.5 Å². The van der Waals surface area contributed by atoms with Gasteiger partial charge < -0.3 is 15.1 Å². The summed E-state index contributed by atoms with van der Waals surface area (Å²) in [6.45, 7) is 3.09.